The summed E-state index contributed by atoms with van der Waals surface area (Å²) in [5.41, 5.74) is 1.37. The fourth-order valence-electron chi connectivity index (χ4n) is 6.87. The lowest BCUT2D eigenvalue weighted by atomic mass is 9.68. The van der Waals surface area contributed by atoms with Gasteiger partial charge >= 0.3 is 5.97 Å². The standard InChI is InChI=1S/C35H56O5/c1-4-5-6-7-8-9-28-12-18-31(19-13-28)32-20-14-29(15-21-32)10-11-30-16-22-33(23-17-30)40-34(25-38-3)26-39-35(37)27(2)24-36/h16-17,22-23,28-29,31-32,34,36H,2,4-15,18-21,24-26H2,1,3H3. The molecule has 2 aliphatic carbocycles. The molecule has 2 aliphatic rings. The molecule has 0 radical (unpaired) electrons. The van der Waals surface area contributed by atoms with E-state index in [2.05, 4.69) is 25.6 Å². The van der Waals surface area contributed by atoms with Gasteiger partial charge in [0.1, 0.15) is 12.4 Å². The number of carbonyl (C=O) groups is 1. The van der Waals surface area contributed by atoms with Crippen LogP contribution in [0.5, 0.6) is 5.75 Å². The summed E-state index contributed by atoms with van der Waals surface area (Å²) in [6.45, 7) is 5.70. The van der Waals surface area contributed by atoms with E-state index in [4.69, 9.17) is 19.3 Å². The first-order chi connectivity index (χ1) is 19.5. The second kappa shape index (κ2) is 18.6. The highest BCUT2D eigenvalue weighted by molar-refractivity contribution is 5.87. The zero-order valence-electron chi connectivity index (χ0n) is 25.4. The maximum Gasteiger partial charge on any atom is 0.335 e. The van der Waals surface area contributed by atoms with Gasteiger partial charge in [-0.15, -0.1) is 0 Å². The van der Waals surface area contributed by atoms with Gasteiger partial charge in [-0.3, -0.25) is 0 Å². The molecule has 0 heterocycles. The van der Waals surface area contributed by atoms with Crippen molar-refractivity contribution in [1.82, 2.24) is 0 Å². The van der Waals surface area contributed by atoms with Crippen LogP contribution in [-0.2, 0) is 20.7 Å². The molecule has 3 rings (SSSR count). The molecule has 226 valence electrons. The number of aliphatic hydroxyl groups is 1. The first-order valence-corrected chi connectivity index (χ1v) is 16.2. The Morgan fingerprint density at radius 3 is 2.05 bits per heavy atom. The predicted molar refractivity (Wildman–Crippen MR) is 163 cm³/mol. The summed E-state index contributed by atoms with van der Waals surface area (Å²) in [5.74, 6) is 3.98. The average molecular weight is 557 g/mol. The highest BCUT2D eigenvalue weighted by atomic mass is 16.6. The molecule has 0 amide bonds. The van der Waals surface area contributed by atoms with Crippen molar-refractivity contribution in [3.8, 4) is 5.75 Å². The number of esters is 1. The fourth-order valence-corrected chi connectivity index (χ4v) is 6.87. The number of hydrogen-bond acceptors (Lipinski definition) is 5. The molecular weight excluding hydrogens is 500 g/mol. The number of carbonyl (C=O) groups excluding carboxylic acids is 1. The van der Waals surface area contributed by atoms with E-state index in [-0.39, 0.29) is 12.2 Å². The highest BCUT2D eigenvalue weighted by Gasteiger charge is 2.30. The van der Waals surface area contributed by atoms with E-state index in [0.29, 0.717) is 6.61 Å². The van der Waals surface area contributed by atoms with Crippen LogP contribution >= 0.6 is 0 Å². The largest absolute Gasteiger partial charge is 0.484 e. The Morgan fingerprint density at radius 2 is 1.48 bits per heavy atom. The molecule has 1 aromatic carbocycles. The molecule has 1 unspecified atom stereocenters. The number of methoxy groups -OCH3 is 1. The first-order valence-electron chi connectivity index (χ1n) is 16.2. The Bertz CT molecular complexity index is 834. The summed E-state index contributed by atoms with van der Waals surface area (Å²) in [4.78, 5) is 11.8. The molecule has 5 heteroatoms. The number of benzene rings is 1. The van der Waals surface area contributed by atoms with E-state index in [9.17, 15) is 4.79 Å². The van der Waals surface area contributed by atoms with Crippen LogP contribution < -0.4 is 4.74 Å². The zero-order chi connectivity index (χ0) is 28.6. The number of hydrogen-bond donors (Lipinski definition) is 1. The highest BCUT2D eigenvalue weighted by Crippen LogP contribution is 2.43. The van der Waals surface area contributed by atoms with Crippen LogP contribution in [0.1, 0.15) is 109 Å². The lowest BCUT2D eigenvalue weighted by molar-refractivity contribution is -0.142. The SMILES string of the molecule is C=C(CO)C(=O)OCC(COC)Oc1ccc(CCC2CCC(C3CCC(CCCCCCC)CC3)CC2)cc1. The molecule has 0 aliphatic heterocycles. The summed E-state index contributed by atoms with van der Waals surface area (Å²) in [6.07, 6.45) is 22.2. The number of rotatable bonds is 18. The molecule has 0 saturated heterocycles. The molecule has 40 heavy (non-hydrogen) atoms. The lowest BCUT2D eigenvalue weighted by Gasteiger charge is -2.38. The van der Waals surface area contributed by atoms with E-state index in [1.807, 2.05) is 12.1 Å². The Hall–Kier alpha value is -1.85. The molecule has 0 spiro atoms. The number of unbranched alkanes of at least 4 members (excludes halogenated alkanes) is 4. The Labute approximate surface area is 244 Å². The molecule has 1 atom stereocenters. The minimum absolute atomic E-state index is 0.0277. The van der Waals surface area contributed by atoms with E-state index in [1.165, 1.54) is 102 Å². The smallest absolute Gasteiger partial charge is 0.335 e. The van der Waals surface area contributed by atoms with Gasteiger partial charge in [0.05, 0.1) is 18.8 Å². The van der Waals surface area contributed by atoms with Crippen molar-refractivity contribution in [2.24, 2.45) is 23.7 Å². The van der Waals surface area contributed by atoms with Gasteiger partial charge in [-0.1, -0.05) is 89.8 Å². The van der Waals surface area contributed by atoms with Gasteiger partial charge in [-0.2, -0.15) is 0 Å². The summed E-state index contributed by atoms with van der Waals surface area (Å²) >= 11 is 0. The van der Waals surface area contributed by atoms with Gasteiger partial charge < -0.3 is 19.3 Å². The third-order valence-electron chi connectivity index (χ3n) is 9.47. The molecule has 1 N–H and O–H groups in total. The van der Waals surface area contributed by atoms with E-state index in [1.54, 1.807) is 7.11 Å². The van der Waals surface area contributed by atoms with Gasteiger partial charge in [0.25, 0.3) is 0 Å². The van der Waals surface area contributed by atoms with Crippen molar-refractivity contribution in [2.75, 3.05) is 26.9 Å². The van der Waals surface area contributed by atoms with Gasteiger partial charge in [-0.05, 0) is 79.9 Å². The number of aryl methyl sites for hydroxylation is 1. The Kier molecular flexibility index (Phi) is 15.2. The van der Waals surface area contributed by atoms with Crippen molar-refractivity contribution in [2.45, 2.75) is 116 Å². The van der Waals surface area contributed by atoms with Crippen LogP contribution in [0.2, 0.25) is 0 Å². The molecule has 5 nitrogen and oxygen atoms in total. The fraction of sp³-hybridized carbons (Fsp3) is 0.743. The third kappa shape index (κ3) is 11.6. The van der Waals surface area contributed by atoms with Crippen molar-refractivity contribution in [3.05, 3.63) is 42.0 Å². The average Bonchev–Trinajstić information content (AvgIpc) is 2.99. The normalized spacial score (nSPS) is 23.9. The Morgan fingerprint density at radius 1 is 0.875 bits per heavy atom. The van der Waals surface area contributed by atoms with Crippen LogP contribution in [0.3, 0.4) is 0 Å². The molecular formula is C35H56O5. The van der Waals surface area contributed by atoms with Gasteiger partial charge in [-0.25, -0.2) is 4.79 Å². The number of ether oxygens (including phenoxy) is 3. The lowest BCUT2D eigenvalue weighted by Crippen LogP contribution is -2.30. The van der Waals surface area contributed by atoms with E-state index < -0.39 is 18.7 Å². The van der Waals surface area contributed by atoms with Crippen LogP contribution in [0.15, 0.2) is 36.4 Å². The molecule has 0 aromatic heterocycles. The van der Waals surface area contributed by atoms with Crippen LogP contribution in [-0.4, -0.2) is 44.1 Å². The predicted octanol–water partition coefficient (Wildman–Crippen LogP) is 8.08. The van der Waals surface area contributed by atoms with Crippen molar-refractivity contribution in [1.29, 1.82) is 0 Å². The number of aliphatic hydroxyl groups excluding tert-OH is 1. The zero-order valence-corrected chi connectivity index (χ0v) is 25.4. The third-order valence-corrected chi connectivity index (χ3v) is 9.47. The minimum Gasteiger partial charge on any atom is -0.484 e. The summed E-state index contributed by atoms with van der Waals surface area (Å²) in [6, 6.07) is 8.27. The molecule has 1 aromatic rings. The summed E-state index contributed by atoms with van der Waals surface area (Å²) in [7, 11) is 1.59. The quantitative estimate of drug-likeness (QED) is 0.112. The van der Waals surface area contributed by atoms with Crippen molar-refractivity contribution < 1.29 is 24.1 Å². The van der Waals surface area contributed by atoms with Crippen LogP contribution in [0.4, 0.5) is 0 Å². The monoisotopic (exact) mass is 556 g/mol. The summed E-state index contributed by atoms with van der Waals surface area (Å²) < 4.78 is 16.4. The molecule has 2 fully saturated rings. The summed E-state index contributed by atoms with van der Waals surface area (Å²) in [5, 5.41) is 9.02. The van der Waals surface area contributed by atoms with Gasteiger partial charge in [0, 0.05) is 7.11 Å². The molecule has 0 bridgehead atoms. The Balaban J connectivity index is 1.31. The maximum absolute atomic E-state index is 11.8. The van der Waals surface area contributed by atoms with E-state index in [0.717, 1.165) is 35.8 Å². The topological polar surface area (TPSA) is 65.0 Å². The van der Waals surface area contributed by atoms with Crippen molar-refractivity contribution >= 4 is 5.97 Å². The second-order valence-corrected chi connectivity index (χ2v) is 12.5. The molecule has 2 saturated carbocycles. The van der Waals surface area contributed by atoms with Crippen molar-refractivity contribution in [3.63, 3.8) is 0 Å². The van der Waals surface area contributed by atoms with E-state index >= 15 is 0 Å². The first kappa shape index (κ1) is 32.7. The maximum atomic E-state index is 11.8. The van der Waals surface area contributed by atoms with Gasteiger partial charge in [0.2, 0.25) is 0 Å². The van der Waals surface area contributed by atoms with Crippen LogP contribution in [0, 0.1) is 23.7 Å². The van der Waals surface area contributed by atoms with Gasteiger partial charge in [0.15, 0.2) is 6.10 Å². The minimum atomic E-state index is -0.618. The second-order valence-electron chi connectivity index (χ2n) is 12.5. The van der Waals surface area contributed by atoms with Crippen LogP contribution in [0.25, 0.3) is 0 Å².